The highest BCUT2D eigenvalue weighted by Gasteiger charge is 2.34. The fraction of sp³-hybridized carbons (Fsp3) is 0.517. The zero-order valence-electron chi connectivity index (χ0n) is 23.7. The zero-order chi connectivity index (χ0) is 29.7. The van der Waals surface area contributed by atoms with Gasteiger partial charge in [-0.15, -0.1) is 0 Å². The number of rotatable bonds is 8. The number of urea groups is 1. The maximum atomic E-state index is 13.7. The first-order valence-electron chi connectivity index (χ1n) is 14.0. The normalized spacial score (nSPS) is 20.7. The number of nitrogens with zero attached hydrogens (tertiary/aromatic N) is 2. The summed E-state index contributed by atoms with van der Waals surface area (Å²) in [7, 11) is -2.22. The molecule has 2 aromatic rings. The number of anilines is 1. The SMILES string of the molecule is C[C@@H]1CN([C@@H](C)CO)C(=O)c2cc(NS(=O)(=O)c3ccc(Cl)cc3)ccc2O[C@@H]1CN(C)C(=O)NC1CCCCC1. The van der Waals surface area contributed by atoms with Crippen LogP contribution < -0.4 is 14.8 Å². The summed E-state index contributed by atoms with van der Waals surface area (Å²) in [5, 5.41) is 13.4. The molecule has 3 amide bonds. The lowest BCUT2D eigenvalue weighted by Crippen LogP contribution is -2.52. The van der Waals surface area contributed by atoms with Crippen molar-refractivity contribution < 1.29 is 27.9 Å². The van der Waals surface area contributed by atoms with E-state index in [-0.39, 0.29) is 65.5 Å². The van der Waals surface area contributed by atoms with Crippen molar-refractivity contribution in [3.05, 3.63) is 53.1 Å². The predicted octanol–water partition coefficient (Wildman–Crippen LogP) is 4.34. The molecule has 4 rings (SSSR count). The summed E-state index contributed by atoms with van der Waals surface area (Å²) in [5.41, 5.74) is 0.342. The topological polar surface area (TPSA) is 128 Å². The third-order valence-corrected chi connectivity index (χ3v) is 9.42. The Morgan fingerprint density at radius 1 is 1.17 bits per heavy atom. The second-order valence-corrected chi connectivity index (χ2v) is 13.2. The van der Waals surface area contributed by atoms with Crippen LogP contribution in [0.1, 0.15) is 56.3 Å². The molecule has 1 aliphatic heterocycles. The molecule has 1 fully saturated rings. The summed E-state index contributed by atoms with van der Waals surface area (Å²) in [4.78, 5) is 29.8. The van der Waals surface area contributed by atoms with Crippen LogP contribution in [0.25, 0.3) is 0 Å². The number of benzene rings is 2. The van der Waals surface area contributed by atoms with Crippen molar-refractivity contribution in [1.82, 2.24) is 15.1 Å². The van der Waals surface area contributed by atoms with Gasteiger partial charge in [0.25, 0.3) is 15.9 Å². The molecule has 0 bridgehead atoms. The van der Waals surface area contributed by atoms with Crippen LogP contribution in [0.5, 0.6) is 5.75 Å². The van der Waals surface area contributed by atoms with Crippen LogP contribution in [0.2, 0.25) is 5.02 Å². The average Bonchev–Trinajstić information content (AvgIpc) is 2.95. The highest BCUT2D eigenvalue weighted by Crippen LogP contribution is 2.31. The Kier molecular flexibility index (Phi) is 10.0. The number of sulfonamides is 1. The Morgan fingerprint density at radius 3 is 2.51 bits per heavy atom. The first-order valence-corrected chi connectivity index (χ1v) is 15.9. The molecule has 0 unspecified atom stereocenters. The molecular formula is C29H39ClN4O6S. The Bertz CT molecular complexity index is 1330. The van der Waals surface area contributed by atoms with Gasteiger partial charge in [0, 0.05) is 36.3 Å². The second-order valence-electron chi connectivity index (χ2n) is 11.1. The van der Waals surface area contributed by atoms with Gasteiger partial charge in [-0.25, -0.2) is 13.2 Å². The van der Waals surface area contributed by atoms with Crippen molar-refractivity contribution in [3.63, 3.8) is 0 Å². The smallest absolute Gasteiger partial charge is 0.317 e. The van der Waals surface area contributed by atoms with Crippen molar-refractivity contribution in [1.29, 1.82) is 0 Å². The van der Waals surface area contributed by atoms with Crippen LogP contribution in [0.3, 0.4) is 0 Å². The van der Waals surface area contributed by atoms with Crippen molar-refractivity contribution in [2.24, 2.45) is 5.92 Å². The fourth-order valence-electron chi connectivity index (χ4n) is 5.22. The lowest BCUT2D eigenvalue weighted by molar-refractivity contribution is 0.0366. The predicted molar refractivity (Wildman–Crippen MR) is 158 cm³/mol. The van der Waals surface area contributed by atoms with Crippen LogP contribution in [-0.4, -0.2) is 80.2 Å². The number of nitrogens with one attached hydrogen (secondary N) is 2. The summed E-state index contributed by atoms with van der Waals surface area (Å²) in [5.74, 6) is -0.283. The van der Waals surface area contributed by atoms with Crippen molar-refractivity contribution in [2.45, 2.75) is 69.0 Å². The molecule has 0 saturated heterocycles. The molecule has 1 saturated carbocycles. The largest absolute Gasteiger partial charge is 0.487 e. The van der Waals surface area contributed by atoms with Crippen LogP contribution in [0.15, 0.2) is 47.4 Å². The number of carbonyl (C=O) groups is 2. The second kappa shape index (κ2) is 13.3. The maximum Gasteiger partial charge on any atom is 0.317 e. The van der Waals surface area contributed by atoms with E-state index in [0.717, 1.165) is 25.7 Å². The summed E-state index contributed by atoms with van der Waals surface area (Å²) < 4.78 is 34.8. The van der Waals surface area contributed by atoms with E-state index in [1.165, 1.54) is 42.8 Å². The van der Waals surface area contributed by atoms with Gasteiger partial charge in [-0.2, -0.15) is 0 Å². The Morgan fingerprint density at radius 2 is 1.85 bits per heavy atom. The Balaban J connectivity index is 1.59. The highest BCUT2D eigenvalue weighted by atomic mass is 35.5. The van der Waals surface area contributed by atoms with E-state index in [0.29, 0.717) is 5.02 Å². The molecule has 12 heteroatoms. The van der Waals surface area contributed by atoms with Gasteiger partial charge < -0.3 is 25.0 Å². The standard InChI is InChI=1S/C29H39ClN4O6S/c1-19-16-34(20(2)18-35)28(36)25-15-23(32-41(38,39)24-12-9-21(30)10-13-24)11-14-26(25)40-27(19)17-33(3)29(37)31-22-7-5-4-6-8-22/h9-15,19-20,22,27,32,35H,4-8,16-18H2,1-3H3,(H,31,37)/t19-,20+,27-/m1/s1. The van der Waals surface area contributed by atoms with Gasteiger partial charge in [0.15, 0.2) is 0 Å². The van der Waals surface area contributed by atoms with E-state index in [4.69, 9.17) is 16.3 Å². The van der Waals surface area contributed by atoms with Crippen LogP contribution in [0, 0.1) is 5.92 Å². The summed E-state index contributed by atoms with van der Waals surface area (Å²) >= 11 is 5.90. The monoisotopic (exact) mass is 606 g/mol. The molecule has 2 aliphatic rings. The number of fused-ring (bicyclic) bond motifs is 1. The van der Waals surface area contributed by atoms with Gasteiger partial charge in [-0.05, 0) is 62.2 Å². The van der Waals surface area contributed by atoms with Crippen molar-refractivity contribution in [2.75, 3.05) is 31.5 Å². The number of halogens is 1. The third-order valence-electron chi connectivity index (χ3n) is 7.77. The molecule has 1 heterocycles. The molecular weight excluding hydrogens is 568 g/mol. The lowest BCUT2D eigenvalue weighted by atomic mass is 9.96. The van der Waals surface area contributed by atoms with E-state index >= 15 is 0 Å². The quantitative estimate of drug-likeness (QED) is 0.410. The zero-order valence-corrected chi connectivity index (χ0v) is 25.2. The first-order chi connectivity index (χ1) is 19.5. The average molecular weight is 607 g/mol. The minimum Gasteiger partial charge on any atom is -0.487 e. The van der Waals surface area contributed by atoms with Gasteiger partial charge in [0.05, 0.1) is 29.7 Å². The first kappa shape index (κ1) is 30.9. The van der Waals surface area contributed by atoms with Crippen molar-refractivity contribution >= 4 is 39.2 Å². The van der Waals surface area contributed by atoms with Gasteiger partial charge in [-0.3, -0.25) is 9.52 Å². The molecule has 3 N–H and O–H groups in total. The molecule has 224 valence electrons. The fourth-order valence-corrected chi connectivity index (χ4v) is 6.39. The minimum absolute atomic E-state index is 0.0233. The molecule has 1 aliphatic carbocycles. The number of aliphatic hydroxyl groups excluding tert-OH is 1. The number of aliphatic hydroxyl groups is 1. The number of hydrogen-bond acceptors (Lipinski definition) is 6. The Labute approximate surface area is 247 Å². The van der Waals surface area contributed by atoms with Crippen LogP contribution in [0.4, 0.5) is 10.5 Å². The number of carbonyl (C=O) groups excluding carboxylic acids is 2. The molecule has 2 aromatic carbocycles. The van der Waals surface area contributed by atoms with Gasteiger partial charge in [-0.1, -0.05) is 37.8 Å². The van der Waals surface area contributed by atoms with Gasteiger partial charge in [0.1, 0.15) is 11.9 Å². The summed E-state index contributed by atoms with van der Waals surface area (Å²) in [6.45, 7) is 4.01. The van der Waals surface area contributed by atoms with E-state index in [9.17, 15) is 23.1 Å². The molecule has 10 nitrogen and oxygen atoms in total. The molecule has 0 radical (unpaired) electrons. The van der Waals surface area contributed by atoms with Crippen LogP contribution >= 0.6 is 11.6 Å². The van der Waals surface area contributed by atoms with Gasteiger partial charge >= 0.3 is 6.03 Å². The maximum absolute atomic E-state index is 13.7. The summed E-state index contributed by atoms with van der Waals surface area (Å²) in [6, 6.07) is 9.79. The van der Waals surface area contributed by atoms with E-state index in [1.54, 1.807) is 29.8 Å². The van der Waals surface area contributed by atoms with Crippen LogP contribution in [-0.2, 0) is 10.0 Å². The van der Waals surface area contributed by atoms with E-state index < -0.39 is 22.2 Å². The number of likely N-dealkylation sites (N-methyl/N-ethyl adjacent to an activating group) is 1. The highest BCUT2D eigenvalue weighted by molar-refractivity contribution is 7.92. The number of hydrogen-bond donors (Lipinski definition) is 3. The number of amides is 3. The third kappa shape index (κ3) is 7.64. The lowest BCUT2D eigenvalue weighted by Gasteiger charge is -2.38. The molecule has 0 aromatic heterocycles. The number of ether oxygens (including phenoxy) is 1. The van der Waals surface area contributed by atoms with E-state index in [2.05, 4.69) is 10.0 Å². The Hall–Kier alpha value is -3.02. The summed E-state index contributed by atoms with van der Waals surface area (Å²) in [6.07, 6.45) is 4.90. The molecule has 3 atom stereocenters. The van der Waals surface area contributed by atoms with Gasteiger partial charge in [0.2, 0.25) is 0 Å². The van der Waals surface area contributed by atoms with E-state index in [1.807, 2.05) is 6.92 Å². The van der Waals surface area contributed by atoms with Crippen molar-refractivity contribution in [3.8, 4) is 5.75 Å². The molecule has 0 spiro atoms. The minimum atomic E-state index is -3.95. The molecule has 41 heavy (non-hydrogen) atoms.